The minimum Gasteiger partial charge on any atom is -0.320 e. The highest BCUT2D eigenvalue weighted by molar-refractivity contribution is 5.82. The van der Waals surface area contributed by atoms with Crippen LogP contribution in [0.15, 0.2) is 36.7 Å². The van der Waals surface area contributed by atoms with Gasteiger partial charge < -0.3 is 9.88 Å². The van der Waals surface area contributed by atoms with Gasteiger partial charge in [-0.1, -0.05) is 18.2 Å². The minimum absolute atomic E-state index is 0.701. The summed E-state index contributed by atoms with van der Waals surface area (Å²) >= 11 is 0. The van der Waals surface area contributed by atoms with Gasteiger partial charge in [0.25, 0.3) is 0 Å². The first kappa shape index (κ1) is 12.7. The van der Waals surface area contributed by atoms with E-state index in [0.29, 0.717) is 6.54 Å². The molecule has 0 atom stereocenters. The normalized spacial score (nSPS) is 11.1. The molecule has 5 heteroatoms. The third kappa shape index (κ3) is 2.53. The van der Waals surface area contributed by atoms with Crippen molar-refractivity contribution in [3.05, 3.63) is 53.7 Å². The van der Waals surface area contributed by atoms with Gasteiger partial charge in [-0.25, -0.2) is 0 Å². The molecule has 0 amide bonds. The molecular weight excluding hydrogens is 250 g/mol. The molecule has 0 saturated heterocycles. The number of fused-ring (bicyclic) bond motifs is 1. The minimum atomic E-state index is 0.701. The van der Waals surface area contributed by atoms with Crippen molar-refractivity contribution in [2.24, 2.45) is 7.05 Å². The van der Waals surface area contributed by atoms with E-state index >= 15 is 0 Å². The monoisotopic (exact) mass is 267 g/mol. The Bertz CT molecular complexity index is 732. The zero-order chi connectivity index (χ0) is 13.9. The lowest BCUT2D eigenvalue weighted by Gasteiger charge is -2.09. The van der Waals surface area contributed by atoms with Crippen molar-refractivity contribution >= 4 is 10.9 Å². The Morgan fingerprint density at radius 1 is 1.20 bits per heavy atom. The highest BCUT2D eigenvalue weighted by atomic mass is 15.3. The summed E-state index contributed by atoms with van der Waals surface area (Å²) in [5.74, 6) is 0.931. The van der Waals surface area contributed by atoms with Crippen LogP contribution in [0.5, 0.6) is 0 Å². The number of rotatable bonds is 4. The smallest absolute Gasteiger partial charge is 0.146 e. The van der Waals surface area contributed by atoms with E-state index < -0.39 is 0 Å². The number of pyridine rings is 1. The summed E-state index contributed by atoms with van der Waals surface area (Å²) in [6.07, 6.45) is 1.71. The molecule has 0 aliphatic carbocycles. The van der Waals surface area contributed by atoms with Crippen LogP contribution in [0.3, 0.4) is 0 Å². The van der Waals surface area contributed by atoms with Crippen LogP contribution in [0, 0.1) is 6.92 Å². The fourth-order valence-electron chi connectivity index (χ4n) is 2.32. The van der Waals surface area contributed by atoms with Crippen molar-refractivity contribution < 1.29 is 0 Å². The Hall–Kier alpha value is -2.27. The predicted molar refractivity (Wildman–Crippen MR) is 78.0 cm³/mol. The Morgan fingerprint density at radius 3 is 2.85 bits per heavy atom. The summed E-state index contributed by atoms with van der Waals surface area (Å²) < 4.78 is 1.92. The number of nitrogens with zero attached hydrogens (tertiary/aromatic N) is 4. The van der Waals surface area contributed by atoms with Gasteiger partial charge in [0.15, 0.2) is 0 Å². The number of hydrogen-bond acceptors (Lipinski definition) is 4. The van der Waals surface area contributed by atoms with Crippen molar-refractivity contribution in [2.45, 2.75) is 20.0 Å². The molecule has 2 aromatic heterocycles. The number of nitrogens with one attached hydrogen (secondary N) is 1. The average Bonchev–Trinajstić information content (AvgIpc) is 2.84. The van der Waals surface area contributed by atoms with Crippen LogP contribution in [0.25, 0.3) is 10.9 Å². The second kappa shape index (κ2) is 5.38. The molecule has 0 unspecified atom stereocenters. The Balaban J connectivity index is 1.79. The molecule has 0 radical (unpaired) electrons. The van der Waals surface area contributed by atoms with E-state index in [1.54, 1.807) is 6.33 Å². The number of benzene rings is 1. The van der Waals surface area contributed by atoms with Crippen LogP contribution in [-0.4, -0.2) is 19.7 Å². The predicted octanol–water partition coefficient (Wildman–Crippen LogP) is 1.96. The fourth-order valence-corrected chi connectivity index (χ4v) is 2.32. The van der Waals surface area contributed by atoms with Crippen molar-refractivity contribution in [3.63, 3.8) is 0 Å². The third-order valence-electron chi connectivity index (χ3n) is 3.33. The second-order valence-corrected chi connectivity index (χ2v) is 4.90. The standard InChI is InChI=1S/C15H17N5/c1-11-7-12(13-5-3-4-6-14(13)18-11)8-16-9-15-19-17-10-20(15)2/h3-7,10,16H,8-9H2,1-2H3. The van der Waals surface area contributed by atoms with E-state index in [4.69, 9.17) is 0 Å². The van der Waals surface area contributed by atoms with E-state index in [-0.39, 0.29) is 0 Å². The summed E-state index contributed by atoms with van der Waals surface area (Å²) in [6.45, 7) is 3.52. The van der Waals surface area contributed by atoms with Crippen LogP contribution < -0.4 is 5.32 Å². The number of para-hydroxylation sites is 1. The Kier molecular flexibility index (Phi) is 3.43. The zero-order valence-electron chi connectivity index (χ0n) is 11.7. The fraction of sp³-hybridized carbons (Fsp3) is 0.267. The molecule has 1 N–H and O–H groups in total. The van der Waals surface area contributed by atoms with Gasteiger partial charge in [-0.05, 0) is 24.6 Å². The molecule has 0 aliphatic heterocycles. The lowest BCUT2D eigenvalue weighted by atomic mass is 10.1. The van der Waals surface area contributed by atoms with Crippen molar-refractivity contribution in [3.8, 4) is 0 Å². The van der Waals surface area contributed by atoms with Gasteiger partial charge in [0.2, 0.25) is 0 Å². The molecule has 0 bridgehead atoms. The summed E-state index contributed by atoms with van der Waals surface area (Å²) in [6, 6.07) is 10.4. The van der Waals surface area contributed by atoms with E-state index in [1.165, 1.54) is 10.9 Å². The average molecular weight is 267 g/mol. The molecule has 2 heterocycles. The maximum Gasteiger partial charge on any atom is 0.146 e. The summed E-state index contributed by atoms with van der Waals surface area (Å²) in [7, 11) is 1.95. The zero-order valence-corrected chi connectivity index (χ0v) is 11.7. The van der Waals surface area contributed by atoms with Crippen LogP contribution in [-0.2, 0) is 20.1 Å². The van der Waals surface area contributed by atoms with Crippen LogP contribution in [0.1, 0.15) is 17.1 Å². The van der Waals surface area contributed by atoms with Crippen molar-refractivity contribution in [1.82, 2.24) is 25.1 Å². The molecular formula is C15H17N5. The quantitative estimate of drug-likeness (QED) is 0.785. The number of aryl methyl sites for hydroxylation is 2. The Morgan fingerprint density at radius 2 is 2.05 bits per heavy atom. The van der Waals surface area contributed by atoms with Gasteiger partial charge in [-0.15, -0.1) is 10.2 Å². The third-order valence-corrected chi connectivity index (χ3v) is 3.33. The topological polar surface area (TPSA) is 55.6 Å². The van der Waals surface area contributed by atoms with Gasteiger partial charge in [-0.3, -0.25) is 4.98 Å². The maximum absolute atomic E-state index is 4.55. The van der Waals surface area contributed by atoms with Gasteiger partial charge in [0.05, 0.1) is 12.1 Å². The molecule has 102 valence electrons. The first-order valence-electron chi connectivity index (χ1n) is 6.63. The molecule has 0 spiro atoms. The van der Waals surface area contributed by atoms with Crippen LogP contribution >= 0.6 is 0 Å². The van der Waals surface area contributed by atoms with E-state index in [9.17, 15) is 0 Å². The van der Waals surface area contributed by atoms with Crippen molar-refractivity contribution in [1.29, 1.82) is 0 Å². The van der Waals surface area contributed by atoms with Crippen LogP contribution in [0.2, 0.25) is 0 Å². The molecule has 0 saturated carbocycles. The van der Waals surface area contributed by atoms with Gasteiger partial charge in [0, 0.05) is 24.7 Å². The molecule has 0 fully saturated rings. The number of aromatic nitrogens is 4. The largest absolute Gasteiger partial charge is 0.320 e. The van der Waals surface area contributed by atoms with Crippen molar-refractivity contribution in [2.75, 3.05) is 0 Å². The van der Waals surface area contributed by atoms with Gasteiger partial charge in [0.1, 0.15) is 12.2 Å². The molecule has 3 rings (SSSR count). The number of hydrogen-bond donors (Lipinski definition) is 1. The Labute approximate surface area is 117 Å². The van der Waals surface area contributed by atoms with E-state index in [0.717, 1.165) is 23.6 Å². The summed E-state index contributed by atoms with van der Waals surface area (Å²) in [5, 5.41) is 12.6. The van der Waals surface area contributed by atoms with Gasteiger partial charge >= 0.3 is 0 Å². The first-order valence-corrected chi connectivity index (χ1v) is 6.63. The molecule has 5 nitrogen and oxygen atoms in total. The lowest BCUT2D eigenvalue weighted by Crippen LogP contribution is -2.16. The second-order valence-electron chi connectivity index (χ2n) is 4.90. The highest BCUT2D eigenvalue weighted by Gasteiger charge is 2.04. The SMILES string of the molecule is Cc1cc(CNCc2nncn2C)c2ccccc2n1. The lowest BCUT2D eigenvalue weighted by molar-refractivity contribution is 0.639. The van der Waals surface area contributed by atoms with Crippen LogP contribution in [0.4, 0.5) is 0 Å². The van der Waals surface area contributed by atoms with E-state index in [1.807, 2.05) is 30.7 Å². The van der Waals surface area contributed by atoms with Gasteiger partial charge in [-0.2, -0.15) is 0 Å². The maximum atomic E-state index is 4.55. The molecule has 3 aromatic rings. The molecule has 20 heavy (non-hydrogen) atoms. The molecule has 0 aliphatic rings. The molecule has 1 aromatic carbocycles. The first-order chi connectivity index (χ1) is 9.74. The highest BCUT2D eigenvalue weighted by Crippen LogP contribution is 2.18. The summed E-state index contributed by atoms with van der Waals surface area (Å²) in [4.78, 5) is 4.55. The summed E-state index contributed by atoms with van der Waals surface area (Å²) in [5.41, 5.74) is 3.34. The van der Waals surface area contributed by atoms with E-state index in [2.05, 4.69) is 38.7 Å².